The summed E-state index contributed by atoms with van der Waals surface area (Å²) >= 11 is 0. The van der Waals surface area contributed by atoms with E-state index < -0.39 is 0 Å². The van der Waals surface area contributed by atoms with E-state index in [9.17, 15) is 9.18 Å². The topological polar surface area (TPSA) is 46.3 Å². The summed E-state index contributed by atoms with van der Waals surface area (Å²) in [4.78, 5) is 13.6. The molecule has 0 saturated heterocycles. The van der Waals surface area contributed by atoms with Crippen LogP contribution in [0, 0.1) is 12.7 Å². The van der Waals surface area contributed by atoms with Crippen LogP contribution in [0.15, 0.2) is 18.2 Å². The van der Waals surface area contributed by atoms with Gasteiger partial charge in [0, 0.05) is 25.2 Å². The number of nitrogens with zero attached hydrogens (tertiary/aromatic N) is 1. The first-order valence-corrected chi connectivity index (χ1v) is 5.35. The molecule has 0 heterocycles. The molecule has 0 fully saturated rings. The minimum absolute atomic E-state index is 0.171. The van der Waals surface area contributed by atoms with Crippen molar-refractivity contribution >= 4 is 5.91 Å². The molecule has 1 aromatic carbocycles. The molecule has 1 amide bonds. The third kappa shape index (κ3) is 3.03. The van der Waals surface area contributed by atoms with Crippen molar-refractivity contribution in [1.29, 1.82) is 0 Å². The first-order valence-electron chi connectivity index (χ1n) is 5.35. The van der Waals surface area contributed by atoms with E-state index in [0.717, 1.165) is 5.56 Å². The Morgan fingerprint density at radius 2 is 2.12 bits per heavy atom. The third-order valence-corrected chi connectivity index (χ3v) is 2.36. The molecule has 0 spiro atoms. The Bertz CT molecular complexity index is 359. The minimum Gasteiger partial charge on any atom is -0.338 e. The number of amides is 1. The van der Waals surface area contributed by atoms with Crippen LogP contribution in [-0.2, 0) is 0 Å². The molecule has 0 bridgehead atoms. The van der Waals surface area contributed by atoms with E-state index in [1.165, 1.54) is 12.1 Å². The molecule has 0 unspecified atom stereocenters. The van der Waals surface area contributed by atoms with Gasteiger partial charge in [-0.15, -0.1) is 0 Å². The van der Waals surface area contributed by atoms with Gasteiger partial charge in [0.25, 0.3) is 5.91 Å². The molecule has 0 saturated carbocycles. The molecular formula is C12H17FN2O. The van der Waals surface area contributed by atoms with Crippen LogP contribution in [0.25, 0.3) is 0 Å². The first kappa shape index (κ1) is 12.6. The van der Waals surface area contributed by atoms with Crippen molar-refractivity contribution in [2.75, 3.05) is 19.6 Å². The van der Waals surface area contributed by atoms with Crippen LogP contribution < -0.4 is 5.73 Å². The number of rotatable bonds is 4. The largest absolute Gasteiger partial charge is 0.338 e. The molecule has 4 heteroatoms. The Morgan fingerprint density at radius 3 is 2.62 bits per heavy atom. The molecule has 1 rings (SSSR count). The Labute approximate surface area is 95.0 Å². The summed E-state index contributed by atoms with van der Waals surface area (Å²) < 4.78 is 13.1. The average molecular weight is 224 g/mol. The van der Waals surface area contributed by atoms with Gasteiger partial charge in [0.15, 0.2) is 0 Å². The summed E-state index contributed by atoms with van der Waals surface area (Å²) in [7, 11) is 0. The fourth-order valence-electron chi connectivity index (χ4n) is 1.60. The van der Waals surface area contributed by atoms with Gasteiger partial charge in [-0.25, -0.2) is 4.39 Å². The van der Waals surface area contributed by atoms with Gasteiger partial charge in [-0.3, -0.25) is 4.79 Å². The molecule has 0 aliphatic heterocycles. The van der Waals surface area contributed by atoms with Crippen LogP contribution >= 0.6 is 0 Å². The molecule has 2 N–H and O–H groups in total. The second kappa shape index (κ2) is 5.61. The van der Waals surface area contributed by atoms with Gasteiger partial charge >= 0.3 is 0 Å². The van der Waals surface area contributed by atoms with Gasteiger partial charge in [-0.05, 0) is 37.6 Å². The van der Waals surface area contributed by atoms with Crippen molar-refractivity contribution in [1.82, 2.24) is 4.90 Å². The third-order valence-electron chi connectivity index (χ3n) is 2.36. The highest BCUT2D eigenvalue weighted by Gasteiger charge is 2.14. The lowest BCUT2D eigenvalue weighted by Crippen LogP contribution is -2.35. The second-order valence-electron chi connectivity index (χ2n) is 3.69. The van der Waals surface area contributed by atoms with E-state index in [2.05, 4.69) is 0 Å². The van der Waals surface area contributed by atoms with Crippen LogP contribution in [0.3, 0.4) is 0 Å². The van der Waals surface area contributed by atoms with Crippen molar-refractivity contribution in [3.8, 4) is 0 Å². The maximum Gasteiger partial charge on any atom is 0.254 e. The van der Waals surface area contributed by atoms with E-state index in [0.29, 0.717) is 25.2 Å². The lowest BCUT2D eigenvalue weighted by atomic mass is 10.1. The van der Waals surface area contributed by atoms with E-state index in [1.807, 2.05) is 6.92 Å². The van der Waals surface area contributed by atoms with E-state index in [4.69, 9.17) is 5.73 Å². The van der Waals surface area contributed by atoms with Gasteiger partial charge in [-0.1, -0.05) is 0 Å². The average Bonchev–Trinajstić information content (AvgIpc) is 2.23. The van der Waals surface area contributed by atoms with Crippen molar-refractivity contribution in [3.05, 3.63) is 35.1 Å². The van der Waals surface area contributed by atoms with Crippen LogP contribution in [0.2, 0.25) is 0 Å². The molecule has 16 heavy (non-hydrogen) atoms. The van der Waals surface area contributed by atoms with Gasteiger partial charge in [0.1, 0.15) is 5.82 Å². The summed E-state index contributed by atoms with van der Waals surface area (Å²) in [5.74, 6) is -0.553. The Kier molecular flexibility index (Phi) is 4.43. The molecule has 0 atom stereocenters. The van der Waals surface area contributed by atoms with Crippen LogP contribution in [0.4, 0.5) is 4.39 Å². The fourth-order valence-corrected chi connectivity index (χ4v) is 1.60. The number of aryl methyl sites for hydroxylation is 1. The van der Waals surface area contributed by atoms with Crippen molar-refractivity contribution < 1.29 is 9.18 Å². The summed E-state index contributed by atoms with van der Waals surface area (Å²) in [5.41, 5.74) is 6.54. The zero-order valence-corrected chi connectivity index (χ0v) is 9.66. The highest BCUT2D eigenvalue weighted by Crippen LogP contribution is 2.10. The molecule has 0 aromatic heterocycles. The number of hydrogen-bond acceptors (Lipinski definition) is 2. The normalized spacial score (nSPS) is 10.2. The summed E-state index contributed by atoms with van der Waals surface area (Å²) in [6.07, 6.45) is 0. The van der Waals surface area contributed by atoms with Crippen molar-refractivity contribution in [2.45, 2.75) is 13.8 Å². The number of carbonyl (C=O) groups is 1. The van der Waals surface area contributed by atoms with Gasteiger partial charge < -0.3 is 10.6 Å². The molecule has 0 aliphatic carbocycles. The van der Waals surface area contributed by atoms with Gasteiger partial charge in [0.2, 0.25) is 0 Å². The monoisotopic (exact) mass is 224 g/mol. The fraction of sp³-hybridized carbons (Fsp3) is 0.417. The van der Waals surface area contributed by atoms with Gasteiger partial charge in [-0.2, -0.15) is 0 Å². The summed E-state index contributed by atoms with van der Waals surface area (Å²) in [5, 5.41) is 0. The number of nitrogens with two attached hydrogens (primary N) is 1. The second-order valence-corrected chi connectivity index (χ2v) is 3.69. The SMILES string of the molecule is CCN(CCN)C(=O)c1cc(C)cc(F)c1. The first-order chi connectivity index (χ1) is 7.58. The van der Waals surface area contributed by atoms with Crippen molar-refractivity contribution in [2.24, 2.45) is 5.73 Å². The maximum absolute atomic E-state index is 13.1. The smallest absolute Gasteiger partial charge is 0.254 e. The van der Waals surface area contributed by atoms with Crippen LogP contribution in [-0.4, -0.2) is 30.4 Å². The highest BCUT2D eigenvalue weighted by molar-refractivity contribution is 5.94. The van der Waals surface area contributed by atoms with E-state index in [-0.39, 0.29) is 11.7 Å². The van der Waals surface area contributed by atoms with E-state index in [1.54, 1.807) is 17.9 Å². The predicted octanol–water partition coefficient (Wildman–Crippen LogP) is 1.55. The lowest BCUT2D eigenvalue weighted by molar-refractivity contribution is 0.0768. The summed E-state index contributed by atoms with van der Waals surface area (Å²) in [6, 6.07) is 4.34. The van der Waals surface area contributed by atoms with Gasteiger partial charge in [0.05, 0.1) is 0 Å². The minimum atomic E-state index is -0.382. The Balaban J connectivity index is 2.94. The quantitative estimate of drug-likeness (QED) is 0.843. The predicted molar refractivity (Wildman–Crippen MR) is 61.8 cm³/mol. The van der Waals surface area contributed by atoms with Crippen LogP contribution in [0.1, 0.15) is 22.8 Å². The maximum atomic E-state index is 13.1. The zero-order chi connectivity index (χ0) is 12.1. The molecule has 3 nitrogen and oxygen atoms in total. The number of benzene rings is 1. The molecule has 0 aliphatic rings. The van der Waals surface area contributed by atoms with E-state index >= 15 is 0 Å². The Hall–Kier alpha value is -1.42. The number of likely N-dealkylation sites (N-methyl/N-ethyl adjacent to an activating group) is 1. The summed E-state index contributed by atoms with van der Waals surface area (Å²) in [6.45, 7) is 5.11. The van der Waals surface area contributed by atoms with Crippen LogP contribution in [0.5, 0.6) is 0 Å². The zero-order valence-electron chi connectivity index (χ0n) is 9.66. The number of halogens is 1. The highest BCUT2D eigenvalue weighted by atomic mass is 19.1. The number of carbonyl (C=O) groups excluding carboxylic acids is 1. The molecule has 1 aromatic rings. The molecule has 88 valence electrons. The molecule has 0 radical (unpaired) electrons. The lowest BCUT2D eigenvalue weighted by Gasteiger charge is -2.20. The molecular weight excluding hydrogens is 207 g/mol. The Morgan fingerprint density at radius 1 is 1.44 bits per heavy atom. The standard InChI is InChI=1S/C12H17FN2O/c1-3-15(5-4-14)12(16)10-6-9(2)7-11(13)8-10/h6-8H,3-5,14H2,1-2H3. The van der Waals surface area contributed by atoms with Crippen molar-refractivity contribution in [3.63, 3.8) is 0 Å². The number of hydrogen-bond donors (Lipinski definition) is 1.